The molecule has 0 saturated carbocycles. The third-order valence-electron chi connectivity index (χ3n) is 2.82. The smallest absolute Gasteiger partial charge is 0.178 e. The van der Waals surface area contributed by atoms with Crippen molar-refractivity contribution < 1.29 is 9.90 Å². The molecule has 0 saturated heterocycles. The van der Waals surface area contributed by atoms with Crippen molar-refractivity contribution in [3.05, 3.63) is 66.3 Å². The number of ketones is 1. The fourth-order valence-corrected chi connectivity index (χ4v) is 2.03. The third-order valence-corrected chi connectivity index (χ3v) is 3.68. The Hall–Kier alpha value is -1.35. The SMILES string of the molecule is O=C1C=CC(O)(C(Cl)(Cl)/C=C/c2ccccc2)C=C1. The van der Waals surface area contributed by atoms with Crippen LogP contribution in [0.2, 0.25) is 0 Å². The molecular weight excluding hydrogens is 283 g/mol. The molecule has 0 fully saturated rings. The van der Waals surface area contributed by atoms with Crippen LogP contribution in [0.4, 0.5) is 0 Å². The van der Waals surface area contributed by atoms with Crippen LogP contribution in [0.3, 0.4) is 0 Å². The predicted octanol–water partition coefficient (Wildman–Crippen LogP) is 3.30. The average molecular weight is 295 g/mol. The number of aliphatic hydroxyl groups is 1. The van der Waals surface area contributed by atoms with E-state index < -0.39 is 9.93 Å². The second-order valence-electron chi connectivity index (χ2n) is 4.26. The first-order valence-corrected chi connectivity index (χ1v) is 6.45. The second kappa shape index (κ2) is 5.33. The van der Waals surface area contributed by atoms with Crippen LogP contribution in [0, 0.1) is 0 Å². The molecule has 2 rings (SSSR count). The van der Waals surface area contributed by atoms with Gasteiger partial charge in [0.15, 0.2) is 10.1 Å². The Kier molecular flexibility index (Phi) is 3.95. The zero-order valence-electron chi connectivity index (χ0n) is 9.96. The van der Waals surface area contributed by atoms with Gasteiger partial charge in [-0.2, -0.15) is 0 Å². The lowest BCUT2D eigenvalue weighted by Gasteiger charge is -2.32. The van der Waals surface area contributed by atoms with Crippen LogP contribution in [-0.4, -0.2) is 20.8 Å². The maximum Gasteiger partial charge on any atom is 0.178 e. The molecule has 0 heterocycles. The highest BCUT2D eigenvalue weighted by Gasteiger charge is 2.43. The maximum atomic E-state index is 11.1. The fourth-order valence-electron chi connectivity index (χ4n) is 1.65. The van der Waals surface area contributed by atoms with Gasteiger partial charge in [-0.15, -0.1) is 0 Å². The molecule has 0 unspecified atom stereocenters. The van der Waals surface area contributed by atoms with Crippen molar-refractivity contribution in [2.24, 2.45) is 0 Å². The summed E-state index contributed by atoms with van der Waals surface area (Å²) in [5, 5.41) is 10.4. The Balaban J connectivity index is 2.23. The number of rotatable bonds is 3. The van der Waals surface area contributed by atoms with Crippen LogP contribution >= 0.6 is 23.2 Å². The van der Waals surface area contributed by atoms with Crippen molar-refractivity contribution in [1.82, 2.24) is 0 Å². The average Bonchev–Trinajstić information content (AvgIpc) is 2.41. The lowest BCUT2D eigenvalue weighted by atomic mass is 9.92. The summed E-state index contributed by atoms with van der Waals surface area (Å²) >= 11 is 12.3. The van der Waals surface area contributed by atoms with E-state index in [4.69, 9.17) is 23.2 Å². The van der Waals surface area contributed by atoms with Gasteiger partial charge in [0.1, 0.15) is 5.60 Å². The van der Waals surface area contributed by atoms with Crippen molar-refractivity contribution in [2.75, 3.05) is 0 Å². The molecule has 4 heteroatoms. The molecule has 0 aromatic heterocycles. The summed E-state index contributed by atoms with van der Waals surface area (Å²) in [6, 6.07) is 9.45. The van der Waals surface area contributed by atoms with Crippen molar-refractivity contribution in [1.29, 1.82) is 0 Å². The monoisotopic (exact) mass is 294 g/mol. The summed E-state index contributed by atoms with van der Waals surface area (Å²) in [6.45, 7) is 0. The van der Waals surface area contributed by atoms with E-state index >= 15 is 0 Å². The molecule has 1 aromatic rings. The molecular formula is C15H12Cl2O2. The zero-order valence-corrected chi connectivity index (χ0v) is 11.5. The van der Waals surface area contributed by atoms with E-state index in [0.29, 0.717) is 0 Å². The molecule has 0 radical (unpaired) electrons. The second-order valence-corrected chi connectivity index (χ2v) is 5.65. The Morgan fingerprint density at radius 3 is 2.26 bits per heavy atom. The molecule has 98 valence electrons. The van der Waals surface area contributed by atoms with Crippen LogP contribution in [0.5, 0.6) is 0 Å². The molecule has 1 aliphatic carbocycles. The van der Waals surface area contributed by atoms with Gasteiger partial charge in [0.2, 0.25) is 0 Å². The minimum absolute atomic E-state index is 0.208. The molecule has 0 atom stereocenters. The van der Waals surface area contributed by atoms with Gasteiger partial charge in [0.25, 0.3) is 0 Å². The predicted molar refractivity (Wildman–Crippen MR) is 78.1 cm³/mol. The maximum absolute atomic E-state index is 11.1. The quantitative estimate of drug-likeness (QED) is 0.869. The molecule has 2 nitrogen and oxygen atoms in total. The van der Waals surface area contributed by atoms with Crippen LogP contribution in [0.15, 0.2) is 60.7 Å². The summed E-state index contributed by atoms with van der Waals surface area (Å²) in [6.07, 6.45) is 8.30. The van der Waals surface area contributed by atoms with E-state index in [1.165, 1.54) is 30.4 Å². The summed E-state index contributed by atoms with van der Waals surface area (Å²) < 4.78 is -1.56. The largest absolute Gasteiger partial charge is 0.378 e. The zero-order chi connectivity index (χ0) is 13.9. The van der Waals surface area contributed by atoms with Crippen LogP contribution < -0.4 is 0 Å². The fraction of sp³-hybridized carbons (Fsp3) is 0.133. The topological polar surface area (TPSA) is 37.3 Å². The van der Waals surface area contributed by atoms with Gasteiger partial charge in [-0.25, -0.2) is 0 Å². The summed E-state index contributed by atoms with van der Waals surface area (Å²) in [7, 11) is 0. The number of benzene rings is 1. The van der Waals surface area contributed by atoms with Gasteiger partial charge in [0, 0.05) is 0 Å². The number of carbonyl (C=O) groups is 1. The van der Waals surface area contributed by atoms with Gasteiger partial charge < -0.3 is 5.11 Å². The summed E-state index contributed by atoms with van der Waals surface area (Å²) in [4.78, 5) is 11.1. The molecule has 0 aliphatic heterocycles. The Morgan fingerprint density at radius 1 is 1.11 bits per heavy atom. The molecule has 19 heavy (non-hydrogen) atoms. The molecule has 1 aromatic carbocycles. The minimum Gasteiger partial charge on any atom is -0.378 e. The van der Waals surface area contributed by atoms with Gasteiger partial charge in [0.05, 0.1) is 0 Å². The first-order chi connectivity index (χ1) is 8.93. The number of carbonyl (C=O) groups excluding carboxylic acids is 1. The number of allylic oxidation sites excluding steroid dienone is 2. The summed E-state index contributed by atoms with van der Waals surface area (Å²) in [5.74, 6) is -0.208. The van der Waals surface area contributed by atoms with E-state index in [9.17, 15) is 9.90 Å². The van der Waals surface area contributed by atoms with Crippen molar-refractivity contribution in [3.63, 3.8) is 0 Å². The number of hydrogen-bond donors (Lipinski definition) is 1. The van der Waals surface area contributed by atoms with Gasteiger partial charge in [-0.1, -0.05) is 59.6 Å². The first-order valence-electron chi connectivity index (χ1n) is 5.70. The van der Waals surface area contributed by atoms with E-state index in [2.05, 4.69) is 0 Å². The van der Waals surface area contributed by atoms with E-state index in [0.717, 1.165) is 5.56 Å². The number of alkyl halides is 2. The Bertz CT molecular complexity index is 541. The minimum atomic E-state index is -1.60. The van der Waals surface area contributed by atoms with Gasteiger partial charge in [-0.05, 0) is 35.9 Å². The van der Waals surface area contributed by atoms with Crippen molar-refractivity contribution in [2.45, 2.75) is 9.93 Å². The molecule has 1 aliphatic rings. The van der Waals surface area contributed by atoms with E-state index in [-0.39, 0.29) is 5.78 Å². The molecule has 0 bridgehead atoms. The van der Waals surface area contributed by atoms with Crippen LogP contribution in [0.25, 0.3) is 6.08 Å². The number of hydrogen-bond acceptors (Lipinski definition) is 2. The standard InChI is InChI=1S/C15H12Cl2O2/c16-15(17,11-6-12-4-2-1-3-5-12)14(19)9-7-13(18)8-10-14/h1-11,19H/b11-6+. The van der Waals surface area contributed by atoms with Crippen molar-refractivity contribution >= 4 is 35.1 Å². The van der Waals surface area contributed by atoms with E-state index in [1.807, 2.05) is 30.3 Å². The van der Waals surface area contributed by atoms with Crippen molar-refractivity contribution in [3.8, 4) is 0 Å². The highest BCUT2D eigenvalue weighted by atomic mass is 35.5. The Labute approximate surface area is 121 Å². The third kappa shape index (κ3) is 3.16. The molecule has 0 spiro atoms. The molecule has 0 amide bonds. The van der Waals surface area contributed by atoms with Crippen LogP contribution in [0.1, 0.15) is 5.56 Å². The van der Waals surface area contributed by atoms with Crippen LogP contribution in [-0.2, 0) is 4.79 Å². The normalized spacial score (nSPS) is 18.2. The van der Waals surface area contributed by atoms with Gasteiger partial charge in [-0.3, -0.25) is 4.79 Å². The molecule has 1 N–H and O–H groups in total. The highest BCUT2D eigenvalue weighted by Crippen LogP contribution is 2.39. The van der Waals surface area contributed by atoms with E-state index in [1.54, 1.807) is 6.08 Å². The summed E-state index contributed by atoms with van der Waals surface area (Å²) in [5.41, 5.74) is -0.688. The first kappa shape index (κ1) is 14.1. The highest BCUT2D eigenvalue weighted by molar-refractivity contribution is 6.51. The number of halogens is 2. The van der Waals surface area contributed by atoms with Gasteiger partial charge >= 0.3 is 0 Å². The Morgan fingerprint density at radius 2 is 1.68 bits per heavy atom. The lowest BCUT2D eigenvalue weighted by molar-refractivity contribution is -0.110. The lowest BCUT2D eigenvalue weighted by Crippen LogP contribution is -2.42.